The van der Waals surface area contributed by atoms with Crippen LogP contribution in [0.25, 0.3) is 11.1 Å². The van der Waals surface area contributed by atoms with Gasteiger partial charge in [0, 0.05) is 12.7 Å². The average Bonchev–Trinajstić information content (AvgIpc) is 3.23. The molecule has 0 aliphatic carbocycles. The molecule has 1 atom stereocenters. The van der Waals surface area contributed by atoms with Gasteiger partial charge in [0.25, 0.3) is 6.01 Å². The maximum Gasteiger partial charge on any atom is 0.299 e. The fourth-order valence-electron chi connectivity index (χ4n) is 3.00. The van der Waals surface area contributed by atoms with Crippen LogP contribution < -0.4 is 10.2 Å². The number of benzene rings is 1. The number of aromatic nitrogens is 2. The van der Waals surface area contributed by atoms with Crippen LogP contribution in [-0.4, -0.2) is 28.5 Å². The number of rotatable bonds is 3. The molecule has 6 heteroatoms. The third-order valence-electron chi connectivity index (χ3n) is 4.25. The van der Waals surface area contributed by atoms with Crippen molar-refractivity contribution in [2.75, 3.05) is 16.8 Å². The molecular formula is C18H18N4O2. The summed E-state index contributed by atoms with van der Waals surface area (Å²) in [5.41, 5.74) is 2.60. The molecule has 0 bridgehead atoms. The first-order valence-corrected chi connectivity index (χ1v) is 8.06. The van der Waals surface area contributed by atoms with Crippen LogP contribution in [-0.2, 0) is 4.79 Å². The molecule has 0 unspecified atom stereocenters. The van der Waals surface area contributed by atoms with Gasteiger partial charge < -0.3 is 14.6 Å². The second kappa shape index (κ2) is 5.96. The number of oxazole rings is 1. The van der Waals surface area contributed by atoms with E-state index in [9.17, 15) is 4.79 Å². The number of carbonyl (C=O) groups excluding carboxylic acids is 1. The Morgan fingerprint density at radius 3 is 2.96 bits per heavy atom. The molecule has 3 heterocycles. The molecule has 1 N–H and O–H groups in total. The number of fused-ring (bicyclic) bond motifs is 1. The highest BCUT2D eigenvalue weighted by Crippen LogP contribution is 2.28. The van der Waals surface area contributed by atoms with Crippen molar-refractivity contribution in [3.8, 4) is 0 Å². The van der Waals surface area contributed by atoms with Gasteiger partial charge in [-0.1, -0.05) is 18.2 Å². The number of carbonyl (C=O) groups is 1. The Hall–Kier alpha value is -2.89. The molecule has 1 fully saturated rings. The second-order valence-electron chi connectivity index (χ2n) is 6.03. The summed E-state index contributed by atoms with van der Waals surface area (Å²) in [6.07, 6.45) is 3.44. The van der Waals surface area contributed by atoms with Crippen LogP contribution in [0.15, 0.2) is 47.0 Å². The third kappa shape index (κ3) is 2.71. The van der Waals surface area contributed by atoms with Crippen LogP contribution in [0, 0.1) is 6.92 Å². The fraction of sp³-hybridized carbons (Fsp3) is 0.278. The van der Waals surface area contributed by atoms with Gasteiger partial charge in [-0.25, -0.2) is 4.98 Å². The van der Waals surface area contributed by atoms with E-state index < -0.39 is 0 Å². The Morgan fingerprint density at radius 1 is 1.29 bits per heavy atom. The van der Waals surface area contributed by atoms with Gasteiger partial charge in [0.15, 0.2) is 5.58 Å². The van der Waals surface area contributed by atoms with Crippen LogP contribution in [0.1, 0.15) is 18.4 Å². The quantitative estimate of drug-likeness (QED) is 0.802. The summed E-state index contributed by atoms with van der Waals surface area (Å²) in [7, 11) is 0. The van der Waals surface area contributed by atoms with E-state index in [1.807, 2.05) is 48.2 Å². The molecule has 1 aliphatic rings. The van der Waals surface area contributed by atoms with Crippen LogP contribution in [0.4, 0.5) is 11.8 Å². The van der Waals surface area contributed by atoms with Crippen LogP contribution >= 0.6 is 0 Å². The Labute approximate surface area is 139 Å². The first-order chi connectivity index (χ1) is 11.7. The van der Waals surface area contributed by atoms with Gasteiger partial charge >= 0.3 is 0 Å². The van der Waals surface area contributed by atoms with Crippen molar-refractivity contribution in [1.29, 1.82) is 0 Å². The summed E-state index contributed by atoms with van der Waals surface area (Å²) in [6.45, 7) is 2.72. The van der Waals surface area contributed by atoms with Crippen molar-refractivity contribution >= 4 is 28.8 Å². The molecule has 3 aromatic rings. The van der Waals surface area contributed by atoms with E-state index in [0.717, 1.165) is 36.0 Å². The summed E-state index contributed by atoms with van der Waals surface area (Å²) in [5.74, 6) is 0.487. The zero-order valence-electron chi connectivity index (χ0n) is 13.4. The maximum atomic E-state index is 12.6. The van der Waals surface area contributed by atoms with E-state index in [-0.39, 0.29) is 11.9 Å². The lowest BCUT2D eigenvalue weighted by molar-refractivity contribution is -0.117. The number of anilines is 2. The summed E-state index contributed by atoms with van der Waals surface area (Å²) < 4.78 is 5.82. The molecule has 4 rings (SSSR count). The molecule has 0 saturated carbocycles. The lowest BCUT2D eigenvalue weighted by Gasteiger charge is -2.21. The standard InChI is InChI=1S/C18H18N4O2/c1-12-8-9-16(19-11-12)21-17(23)14-6-4-10-22(14)18-20-13-5-2-3-7-15(13)24-18/h2-3,5,7-9,11,14H,4,6,10H2,1H3,(H,19,21,23)/t14-/m0/s1. The molecule has 1 aromatic carbocycles. The first kappa shape index (κ1) is 14.7. The molecule has 1 aliphatic heterocycles. The minimum absolute atomic E-state index is 0.0777. The van der Waals surface area contributed by atoms with E-state index in [0.29, 0.717) is 11.8 Å². The van der Waals surface area contributed by atoms with Gasteiger partial charge in [-0.05, 0) is 43.5 Å². The average molecular weight is 322 g/mol. The number of para-hydroxylation sites is 2. The molecule has 2 aromatic heterocycles. The van der Waals surface area contributed by atoms with Crippen molar-refractivity contribution < 1.29 is 9.21 Å². The number of pyridine rings is 1. The summed E-state index contributed by atoms with van der Waals surface area (Å²) in [4.78, 5) is 23.3. The fourth-order valence-corrected chi connectivity index (χ4v) is 3.00. The molecule has 1 saturated heterocycles. The Bertz CT molecular complexity index is 839. The molecule has 24 heavy (non-hydrogen) atoms. The van der Waals surface area contributed by atoms with Crippen molar-refractivity contribution in [2.45, 2.75) is 25.8 Å². The van der Waals surface area contributed by atoms with Crippen LogP contribution in [0.2, 0.25) is 0 Å². The lowest BCUT2D eigenvalue weighted by Crippen LogP contribution is -2.40. The number of amides is 1. The predicted octanol–water partition coefficient (Wildman–Crippen LogP) is 3.14. The molecule has 1 amide bonds. The van der Waals surface area contributed by atoms with Crippen molar-refractivity contribution in [1.82, 2.24) is 9.97 Å². The van der Waals surface area contributed by atoms with Crippen LogP contribution in [0.5, 0.6) is 0 Å². The van der Waals surface area contributed by atoms with Gasteiger partial charge in [0.1, 0.15) is 17.4 Å². The molecule has 0 radical (unpaired) electrons. The van der Waals surface area contributed by atoms with Crippen molar-refractivity contribution in [3.05, 3.63) is 48.2 Å². The van der Waals surface area contributed by atoms with Gasteiger partial charge in [-0.15, -0.1) is 0 Å². The highest BCUT2D eigenvalue weighted by Gasteiger charge is 2.34. The van der Waals surface area contributed by atoms with E-state index in [1.165, 1.54) is 0 Å². The third-order valence-corrected chi connectivity index (χ3v) is 4.25. The largest absolute Gasteiger partial charge is 0.423 e. The van der Waals surface area contributed by atoms with Crippen molar-refractivity contribution in [3.63, 3.8) is 0 Å². The van der Waals surface area contributed by atoms with E-state index in [2.05, 4.69) is 15.3 Å². The molecule has 0 spiro atoms. The zero-order chi connectivity index (χ0) is 16.5. The Balaban J connectivity index is 1.55. The predicted molar refractivity (Wildman–Crippen MR) is 92.0 cm³/mol. The summed E-state index contributed by atoms with van der Waals surface area (Å²) in [6, 6.07) is 11.6. The zero-order valence-corrected chi connectivity index (χ0v) is 13.4. The highest BCUT2D eigenvalue weighted by molar-refractivity contribution is 5.96. The van der Waals surface area contributed by atoms with Gasteiger partial charge in [0.05, 0.1) is 0 Å². The Morgan fingerprint density at radius 2 is 2.17 bits per heavy atom. The van der Waals surface area contributed by atoms with E-state index >= 15 is 0 Å². The van der Waals surface area contributed by atoms with Crippen LogP contribution in [0.3, 0.4) is 0 Å². The summed E-state index contributed by atoms with van der Waals surface area (Å²) >= 11 is 0. The van der Waals surface area contributed by atoms with Crippen molar-refractivity contribution in [2.24, 2.45) is 0 Å². The number of hydrogen-bond donors (Lipinski definition) is 1. The topological polar surface area (TPSA) is 71.3 Å². The maximum absolute atomic E-state index is 12.6. The number of aryl methyl sites for hydroxylation is 1. The minimum Gasteiger partial charge on any atom is -0.423 e. The number of nitrogens with one attached hydrogen (secondary N) is 1. The van der Waals surface area contributed by atoms with E-state index in [1.54, 1.807) is 6.20 Å². The smallest absolute Gasteiger partial charge is 0.299 e. The monoisotopic (exact) mass is 322 g/mol. The van der Waals surface area contributed by atoms with Gasteiger partial charge in [-0.3, -0.25) is 4.79 Å². The molecule has 122 valence electrons. The lowest BCUT2D eigenvalue weighted by atomic mass is 10.2. The number of nitrogens with zero attached hydrogens (tertiary/aromatic N) is 3. The normalized spacial score (nSPS) is 17.4. The minimum atomic E-state index is -0.291. The summed E-state index contributed by atoms with van der Waals surface area (Å²) in [5, 5.41) is 2.88. The number of hydrogen-bond acceptors (Lipinski definition) is 5. The SMILES string of the molecule is Cc1ccc(NC(=O)[C@@H]2CCCN2c2nc3ccccc3o2)nc1. The molecular weight excluding hydrogens is 304 g/mol. The Kier molecular flexibility index (Phi) is 3.65. The van der Waals surface area contributed by atoms with Gasteiger partial charge in [-0.2, -0.15) is 4.98 Å². The second-order valence-corrected chi connectivity index (χ2v) is 6.03. The first-order valence-electron chi connectivity index (χ1n) is 8.06. The molecule has 6 nitrogen and oxygen atoms in total. The highest BCUT2D eigenvalue weighted by atomic mass is 16.4. The van der Waals surface area contributed by atoms with E-state index in [4.69, 9.17) is 4.42 Å². The van der Waals surface area contributed by atoms with Gasteiger partial charge in [0.2, 0.25) is 5.91 Å².